The van der Waals surface area contributed by atoms with Crippen LogP contribution in [0.2, 0.25) is 0 Å². The van der Waals surface area contributed by atoms with Crippen molar-refractivity contribution in [2.75, 3.05) is 0 Å². The third-order valence-electron chi connectivity index (χ3n) is 9.99. The summed E-state index contributed by atoms with van der Waals surface area (Å²) in [5, 5.41) is 0. The summed E-state index contributed by atoms with van der Waals surface area (Å²) in [6.45, 7) is 0. The van der Waals surface area contributed by atoms with Gasteiger partial charge in [-0.25, -0.2) is 9.97 Å². The van der Waals surface area contributed by atoms with Gasteiger partial charge in [0.2, 0.25) is 0 Å². The van der Waals surface area contributed by atoms with Gasteiger partial charge in [-0.15, -0.1) is 22.1 Å². The molecule has 2 aliphatic rings. The molecule has 0 fully saturated rings. The second-order valence-corrected chi connectivity index (χ2v) is 18.0. The van der Waals surface area contributed by atoms with Gasteiger partial charge in [0.1, 0.15) is 0 Å². The summed E-state index contributed by atoms with van der Waals surface area (Å²) < 4.78 is 101. The van der Waals surface area contributed by atoms with E-state index in [2.05, 4.69) is 0 Å². The van der Waals surface area contributed by atoms with Crippen molar-refractivity contribution in [3.05, 3.63) is 150 Å². The molecule has 0 amide bonds. The Morgan fingerprint density at radius 3 is 0.836 bits per heavy atom. The van der Waals surface area contributed by atoms with Crippen molar-refractivity contribution in [1.82, 2.24) is 19.9 Å². The van der Waals surface area contributed by atoms with Gasteiger partial charge >= 0.3 is 19.5 Å². The maximum atomic E-state index is 12.0. The summed E-state index contributed by atoms with van der Waals surface area (Å²) in [7, 11) is -13.5. The van der Waals surface area contributed by atoms with Gasteiger partial charge in [0.25, 0.3) is 30.4 Å². The predicted octanol–water partition coefficient (Wildman–Crippen LogP) is 8.32. The zero-order valence-electron chi connectivity index (χ0n) is 31.4. The fourth-order valence-electron chi connectivity index (χ4n) is 7.26. The summed E-state index contributed by atoms with van der Waals surface area (Å²) in [4.78, 5) is 19.5. The van der Waals surface area contributed by atoms with Gasteiger partial charge in [0, 0.05) is 0 Å². The Bertz CT molecular complexity index is 3400. The van der Waals surface area contributed by atoms with E-state index < -0.39 is 30.4 Å². The second kappa shape index (κ2) is 15.7. The van der Waals surface area contributed by atoms with Crippen molar-refractivity contribution >= 4 is 76.7 Å². The SMILES string of the molecule is O=S(=O)(O)c1ccc(-c2c3nc(c(-c4ccc(S(=O)(=O)O)cc4)c4ccc([n-]4)c(-c4ccc(S(=O)(=O)O)cc4)c4nc(c(-c5ccccc5)c5ccc2[n-]5)C=C4)C=C3)cc1.[Zn+2]. The van der Waals surface area contributed by atoms with Crippen LogP contribution >= 0.6 is 0 Å². The summed E-state index contributed by atoms with van der Waals surface area (Å²) in [5.41, 5.74) is 8.47. The summed E-state index contributed by atoms with van der Waals surface area (Å²) in [6.07, 6.45) is 7.19. The molecule has 17 heteroatoms. The van der Waals surface area contributed by atoms with Gasteiger partial charge in [-0.1, -0.05) is 91.0 Å². The van der Waals surface area contributed by atoms with Crippen molar-refractivity contribution < 1.29 is 58.4 Å². The first-order valence-electron chi connectivity index (χ1n) is 18.0. The number of nitrogens with zero attached hydrogens (tertiary/aromatic N) is 4. The summed E-state index contributed by atoms with van der Waals surface area (Å²) in [6, 6.07) is 33.7. The van der Waals surface area contributed by atoms with Crippen molar-refractivity contribution in [3.8, 4) is 44.5 Å². The van der Waals surface area contributed by atoms with Crippen LogP contribution in [0.3, 0.4) is 0 Å². The molecule has 0 saturated heterocycles. The molecule has 0 aliphatic carbocycles. The molecule has 2 aliphatic heterocycles. The van der Waals surface area contributed by atoms with Gasteiger partial charge in [-0.3, -0.25) is 13.7 Å². The zero-order valence-corrected chi connectivity index (χ0v) is 36.9. The van der Waals surface area contributed by atoms with Crippen LogP contribution in [0.5, 0.6) is 0 Å². The molecule has 0 spiro atoms. The van der Waals surface area contributed by atoms with Crippen molar-refractivity contribution in [1.29, 1.82) is 0 Å². The minimum absolute atomic E-state index is 0. The molecule has 4 aromatic carbocycles. The number of benzene rings is 4. The van der Waals surface area contributed by atoms with E-state index >= 15 is 0 Å². The topological polar surface area (TPSA) is 217 Å². The van der Waals surface area contributed by atoms with Crippen LogP contribution in [0.1, 0.15) is 22.8 Å². The van der Waals surface area contributed by atoms with E-state index in [1.807, 2.05) is 54.6 Å². The van der Waals surface area contributed by atoms with E-state index in [9.17, 15) is 38.9 Å². The van der Waals surface area contributed by atoms with Crippen LogP contribution in [0.4, 0.5) is 0 Å². The second-order valence-electron chi connectivity index (χ2n) is 13.7. The zero-order chi connectivity index (χ0) is 42.0. The molecule has 5 heterocycles. The molecule has 0 saturated carbocycles. The molecule has 0 atom stereocenters. The van der Waals surface area contributed by atoms with Crippen molar-refractivity contribution in [2.45, 2.75) is 14.7 Å². The maximum Gasteiger partial charge on any atom is 2.00 e. The largest absolute Gasteiger partial charge is 2.00 e. The fourth-order valence-corrected chi connectivity index (χ4v) is 8.70. The van der Waals surface area contributed by atoms with E-state index in [0.717, 1.165) is 5.56 Å². The molecule has 8 bridgehead atoms. The molecule has 9 rings (SSSR count). The number of aromatic nitrogens is 4. The maximum absolute atomic E-state index is 12.0. The molecule has 13 nitrogen and oxygen atoms in total. The Labute approximate surface area is 362 Å². The number of fused-ring (bicyclic) bond motifs is 8. The average molecular weight is 918 g/mol. The summed E-state index contributed by atoms with van der Waals surface area (Å²) >= 11 is 0. The van der Waals surface area contributed by atoms with Crippen LogP contribution in [0.25, 0.3) is 90.9 Å². The van der Waals surface area contributed by atoms with Crippen molar-refractivity contribution in [3.63, 3.8) is 0 Å². The van der Waals surface area contributed by atoms with Crippen molar-refractivity contribution in [2.24, 2.45) is 0 Å². The Hall–Kier alpha value is -6.17. The third kappa shape index (κ3) is 8.07. The molecular weight excluding hydrogens is 890 g/mol. The minimum atomic E-state index is -4.52. The van der Waals surface area contributed by atoms with Gasteiger partial charge in [0.05, 0.1) is 37.5 Å². The van der Waals surface area contributed by atoms with E-state index in [1.165, 1.54) is 48.5 Å². The van der Waals surface area contributed by atoms with E-state index in [4.69, 9.17) is 19.9 Å². The van der Waals surface area contributed by atoms with Gasteiger partial charge < -0.3 is 9.97 Å². The number of hydrogen-bond donors (Lipinski definition) is 3. The van der Waals surface area contributed by atoms with E-state index in [-0.39, 0.29) is 34.2 Å². The Balaban J connectivity index is 0.00000514. The van der Waals surface area contributed by atoms with Gasteiger partial charge in [-0.2, -0.15) is 25.3 Å². The Morgan fingerprint density at radius 1 is 0.344 bits per heavy atom. The smallest absolute Gasteiger partial charge is 0.657 e. The Morgan fingerprint density at radius 2 is 0.590 bits per heavy atom. The first-order valence-corrected chi connectivity index (χ1v) is 22.3. The Kier molecular flexibility index (Phi) is 10.7. The monoisotopic (exact) mass is 916 g/mol. The fraction of sp³-hybridized carbons (Fsp3) is 0. The standard InChI is InChI=1S/C44H28N4O9S3.Zn/c49-58(50,51)30-12-6-27(7-13-30)42-35-20-18-33(45-35)41(26-4-2-1-3-5-26)34-19-21-36(46-34)43(28-8-14-31(15-9-28)59(52,53)54)38-23-25-40(48-38)44(39-24-22-37(42)47-39)29-10-16-32(17-11-29)60(55,56)57;/h1-25H,(H,49,50,51)(H,52,53,54)(H,55,56,57);/q-2;+2. The predicted molar refractivity (Wildman–Crippen MR) is 228 cm³/mol. The van der Waals surface area contributed by atoms with Crippen LogP contribution in [-0.2, 0) is 49.8 Å². The molecule has 0 unspecified atom stereocenters. The molecule has 0 radical (unpaired) electrons. The minimum Gasteiger partial charge on any atom is -0.657 e. The van der Waals surface area contributed by atoms with Crippen LogP contribution < -0.4 is 9.97 Å². The molecule has 61 heavy (non-hydrogen) atoms. The number of rotatable bonds is 7. The van der Waals surface area contributed by atoms with Crippen LogP contribution in [-0.4, -0.2) is 48.9 Å². The normalized spacial score (nSPS) is 12.6. The number of hydrogen-bond acceptors (Lipinski definition) is 8. The first-order chi connectivity index (χ1) is 28.6. The molecule has 298 valence electrons. The molecular formula is C44H28N4O9S3Zn. The van der Waals surface area contributed by atoms with Gasteiger partial charge in [0.15, 0.2) is 0 Å². The molecule has 7 aromatic rings. The van der Waals surface area contributed by atoms with Crippen LogP contribution in [0, 0.1) is 0 Å². The van der Waals surface area contributed by atoms with Gasteiger partial charge in [-0.05, 0) is 105 Å². The first kappa shape index (κ1) is 41.6. The average Bonchev–Trinajstić information content (AvgIpc) is 4.06. The van der Waals surface area contributed by atoms with E-state index in [1.54, 1.807) is 48.6 Å². The quantitative estimate of drug-likeness (QED) is 0.101. The third-order valence-corrected chi connectivity index (χ3v) is 12.6. The summed E-state index contributed by atoms with van der Waals surface area (Å²) in [5.74, 6) is 0. The van der Waals surface area contributed by atoms with Crippen LogP contribution in [0.15, 0.2) is 142 Å². The van der Waals surface area contributed by atoms with E-state index in [0.29, 0.717) is 83.8 Å². The molecule has 3 N–H and O–H groups in total. The molecule has 3 aromatic heterocycles.